The zero-order valence-electron chi connectivity index (χ0n) is 23.5. The van der Waals surface area contributed by atoms with Crippen LogP contribution in [0.3, 0.4) is 0 Å². The molecule has 1 aromatic rings. The second-order valence-electron chi connectivity index (χ2n) is 9.18. The zero-order valence-corrected chi connectivity index (χ0v) is 24.3. The van der Waals surface area contributed by atoms with E-state index in [9.17, 15) is 19.2 Å². The zero-order chi connectivity index (χ0) is 31.1. The summed E-state index contributed by atoms with van der Waals surface area (Å²) in [5.41, 5.74) is 22.0. The molecule has 12 N–H and O–H groups in total. The molecular weight excluding hydrogens is 528 g/mol. The van der Waals surface area contributed by atoms with Crippen molar-refractivity contribution in [2.45, 2.75) is 77.5 Å². The van der Waals surface area contributed by atoms with Crippen LogP contribution < -0.4 is 22.9 Å². The fourth-order valence-corrected chi connectivity index (χ4v) is 2.92. The molecule has 12 nitrogen and oxygen atoms in total. The lowest BCUT2D eigenvalue weighted by molar-refractivity contribution is -0.140. The Bertz CT molecular complexity index is 814. The van der Waals surface area contributed by atoms with E-state index in [0.717, 1.165) is 17.7 Å². The summed E-state index contributed by atoms with van der Waals surface area (Å²) < 4.78 is 0. The van der Waals surface area contributed by atoms with Gasteiger partial charge in [-0.1, -0.05) is 64.4 Å². The number of hydrogen-bond donors (Lipinski definition) is 8. The van der Waals surface area contributed by atoms with Crippen molar-refractivity contribution in [1.29, 1.82) is 0 Å². The van der Waals surface area contributed by atoms with E-state index in [4.69, 9.17) is 43.4 Å². The number of carbonyl (C=O) groups is 4. The molecule has 0 spiro atoms. The molecule has 0 aliphatic rings. The van der Waals surface area contributed by atoms with E-state index in [1.54, 1.807) is 11.8 Å². The van der Waals surface area contributed by atoms with Gasteiger partial charge in [0.15, 0.2) is 0 Å². The van der Waals surface area contributed by atoms with Gasteiger partial charge in [-0.25, -0.2) is 0 Å². The van der Waals surface area contributed by atoms with Gasteiger partial charge in [-0.05, 0) is 48.7 Å². The Hall–Kier alpha value is -2.71. The van der Waals surface area contributed by atoms with Gasteiger partial charge in [0.1, 0.15) is 24.2 Å². The summed E-state index contributed by atoms with van der Waals surface area (Å²) in [4.78, 5) is 40.7. The molecule has 0 heterocycles. The van der Waals surface area contributed by atoms with Gasteiger partial charge in [0, 0.05) is 0 Å². The molecule has 0 unspecified atom stereocenters. The Morgan fingerprint density at radius 1 is 0.769 bits per heavy atom. The standard InChI is InChI=1S/C9H11NO2.2C6H13NO2.C5H11NO2S/c10-8(9(11)12)6-7-4-2-1-3-5-7;1-4(2)3-5(7)6(8)9;1-3-4(2)5(7)6(8)9;1-9-3-2-4(6)5(7)8/h1-5,8H,6,10H2,(H,11,12);2*4-5H,3,7H2,1-2H3,(H,8,9);4H,2-3,6H2,1H3,(H,7,8)/t8-;5-;4-,5-;4-/m0000/s1. The lowest BCUT2D eigenvalue weighted by atomic mass is 10.0. The molecule has 0 amide bonds. The second-order valence-corrected chi connectivity index (χ2v) is 10.2. The van der Waals surface area contributed by atoms with Crippen LogP contribution in [0.5, 0.6) is 0 Å². The molecular formula is C26H48N4O8S. The predicted molar refractivity (Wildman–Crippen MR) is 154 cm³/mol. The van der Waals surface area contributed by atoms with Gasteiger partial charge in [0.2, 0.25) is 0 Å². The van der Waals surface area contributed by atoms with Crippen LogP contribution in [-0.4, -0.2) is 80.5 Å². The third-order valence-corrected chi connectivity index (χ3v) is 5.79. The maximum Gasteiger partial charge on any atom is 0.320 e. The maximum atomic E-state index is 10.4. The molecule has 13 heteroatoms. The van der Waals surface area contributed by atoms with Crippen molar-refractivity contribution in [3.63, 3.8) is 0 Å². The van der Waals surface area contributed by atoms with E-state index in [1.165, 1.54) is 0 Å². The van der Waals surface area contributed by atoms with Gasteiger partial charge in [-0.15, -0.1) is 0 Å². The van der Waals surface area contributed by atoms with E-state index in [1.807, 2.05) is 64.3 Å². The Labute approximate surface area is 235 Å². The first-order valence-corrected chi connectivity index (χ1v) is 13.9. The molecule has 226 valence electrons. The third kappa shape index (κ3) is 25.3. The molecule has 0 aliphatic heterocycles. The van der Waals surface area contributed by atoms with Crippen molar-refractivity contribution in [3.05, 3.63) is 35.9 Å². The highest BCUT2D eigenvalue weighted by molar-refractivity contribution is 7.98. The molecule has 0 aliphatic carbocycles. The number of benzene rings is 1. The van der Waals surface area contributed by atoms with Crippen LogP contribution in [0, 0.1) is 11.8 Å². The van der Waals surface area contributed by atoms with Gasteiger partial charge in [0.25, 0.3) is 0 Å². The summed E-state index contributed by atoms with van der Waals surface area (Å²) >= 11 is 1.60. The predicted octanol–water partition coefficient (Wildman–Crippen LogP) is 1.68. The topological polar surface area (TPSA) is 253 Å². The van der Waals surface area contributed by atoms with Crippen molar-refractivity contribution >= 4 is 35.6 Å². The summed E-state index contributed by atoms with van der Waals surface area (Å²) in [6.45, 7) is 7.65. The van der Waals surface area contributed by atoms with E-state index in [0.29, 0.717) is 25.2 Å². The van der Waals surface area contributed by atoms with Crippen LogP contribution >= 0.6 is 11.8 Å². The van der Waals surface area contributed by atoms with Gasteiger partial charge in [0.05, 0.1) is 0 Å². The molecule has 0 radical (unpaired) electrons. The Balaban J connectivity index is -0.000000448. The molecule has 0 fully saturated rings. The third-order valence-electron chi connectivity index (χ3n) is 5.15. The average Bonchev–Trinajstić information content (AvgIpc) is 2.87. The van der Waals surface area contributed by atoms with Gasteiger partial charge in [-0.2, -0.15) is 11.8 Å². The monoisotopic (exact) mass is 576 g/mol. The summed E-state index contributed by atoms with van der Waals surface area (Å²) in [5, 5.41) is 33.5. The SMILES string of the molecule is CC(C)C[C@H](N)C(=O)O.CC[C@H](C)[C@H](N)C(=O)O.CSCC[C@H](N)C(=O)O.N[C@@H](Cc1ccccc1)C(=O)O. The molecule has 39 heavy (non-hydrogen) atoms. The quantitative estimate of drug-likeness (QED) is 0.166. The Kier molecular flexibility index (Phi) is 25.5. The minimum atomic E-state index is -0.959. The number of thioether (sulfide) groups is 1. The number of aliphatic carboxylic acids is 4. The maximum absolute atomic E-state index is 10.4. The van der Waals surface area contributed by atoms with Crippen molar-refractivity contribution in [2.75, 3.05) is 12.0 Å². The highest BCUT2D eigenvalue weighted by Crippen LogP contribution is 2.04. The lowest BCUT2D eigenvalue weighted by Gasteiger charge is -2.11. The van der Waals surface area contributed by atoms with Crippen LogP contribution in [0.15, 0.2) is 30.3 Å². The van der Waals surface area contributed by atoms with E-state index in [2.05, 4.69) is 0 Å². The second kappa shape index (κ2) is 24.3. The van der Waals surface area contributed by atoms with Crippen molar-refractivity contribution in [1.82, 2.24) is 0 Å². The highest BCUT2D eigenvalue weighted by Gasteiger charge is 2.17. The molecule has 0 saturated heterocycles. The summed E-state index contributed by atoms with van der Waals surface area (Å²) in [6.07, 6.45) is 4.23. The van der Waals surface area contributed by atoms with Crippen LogP contribution in [-0.2, 0) is 25.6 Å². The van der Waals surface area contributed by atoms with Crippen molar-refractivity contribution < 1.29 is 39.6 Å². The van der Waals surface area contributed by atoms with E-state index < -0.39 is 48.0 Å². The minimum absolute atomic E-state index is 0.0718. The van der Waals surface area contributed by atoms with E-state index in [-0.39, 0.29) is 5.92 Å². The summed E-state index contributed by atoms with van der Waals surface area (Å²) in [5.74, 6) is -2.46. The average molecular weight is 577 g/mol. The van der Waals surface area contributed by atoms with Gasteiger partial charge in [-0.3, -0.25) is 19.2 Å². The smallest absolute Gasteiger partial charge is 0.320 e. The number of hydrogen-bond acceptors (Lipinski definition) is 9. The van der Waals surface area contributed by atoms with Crippen molar-refractivity contribution in [2.24, 2.45) is 34.8 Å². The van der Waals surface area contributed by atoms with E-state index >= 15 is 0 Å². The number of carboxylic acid groups (broad SMARTS) is 4. The van der Waals surface area contributed by atoms with Crippen LogP contribution in [0.4, 0.5) is 0 Å². The van der Waals surface area contributed by atoms with Crippen LogP contribution in [0.25, 0.3) is 0 Å². The first kappa shape index (κ1) is 40.8. The number of nitrogens with two attached hydrogens (primary N) is 4. The van der Waals surface area contributed by atoms with Gasteiger partial charge >= 0.3 is 23.9 Å². The molecule has 1 rings (SSSR count). The fourth-order valence-electron chi connectivity index (χ4n) is 2.43. The number of carboxylic acids is 4. The van der Waals surface area contributed by atoms with Crippen LogP contribution in [0.2, 0.25) is 0 Å². The largest absolute Gasteiger partial charge is 0.480 e. The normalized spacial score (nSPS) is 13.9. The van der Waals surface area contributed by atoms with Gasteiger partial charge < -0.3 is 43.4 Å². The first-order valence-electron chi connectivity index (χ1n) is 12.5. The lowest BCUT2D eigenvalue weighted by Crippen LogP contribution is -2.36. The summed E-state index contributed by atoms with van der Waals surface area (Å²) in [6, 6.07) is 6.47. The molecule has 5 atom stereocenters. The molecule has 0 saturated carbocycles. The van der Waals surface area contributed by atoms with Crippen molar-refractivity contribution in [3.8, 4) is 0 Å². The van der Waals surface area contributed by atoms with Crippen LogP contribution in [0.1, 0.15) is 52.5 Å². The summed E-state index contributed by atoms with van der Waals surface area (Å²) in [7, 11) is 0. The number of rotatable bonds is 13. The Morgan fingerprint density at radius 3 is 1.51 bits per heavy atom. The molecule has 1 aromatic carbocycles. The fraction of sp³-hybridized carbons (Fsp3) is 0.615. The molecule has 0 bridgehead atoms. The minimum Gasteiger partial charge on any atom is -0.480 e. The highest BCUT2D eigenvalue weighted by atomic mass is 32.2. The first-order chi connectivity index (χ1) is 18.0. The Morgan fingerprint density at radius 2 is 1.23 bits per heavy atom. The molecule has 0 aromatic heterocycles.